The fraction of sp³-hybridized carbons (Fsp3) is 0.0625. The summed E-state index contributed by atoms with van der Waals surface area (Å²) in [7, 11) is 0. The zero-order valence-corrected chi connectivity index (χ0v) is 11.4. The van der Waals surface area contributed by atoms with E-state index in [0.717, 1.165) is 0 Å². The van der Waals surface area contributed by atoms with Gasteiger partial charge in [0.25, 0.3) is 5.91 Å². The van der Waals surface area contributed by atoms with Gasteiger partial charge in [-0.05, 0) is 36.8 Å². The standard InChI is InChI=1S/C16H14N2O3/c1-10(17)11-5-4-6-12(9-11)18-15(19)13-7-2-3-8-14(13)16(20)21/h2-9,17H,1H3,(H,18,19)(H,20,21). The van der Waals surface area contributed by atoms with Gasteiger partial charge in [0.15, 0.2) is 0 Å². The fourth-order valence-corrected chi connectivity index (χ4v) is 1.90. The molecule has 106 valence electrons. The molecule has 0 fully saturated rings. The molecule has 0 aromatic heterocycles. The van der Waals surface area contributed by atoms with Crippen LogP contribution in [0.25, 0.3) is 0 Å². The van der Waals surface area contributed by atoms with Gasteiger partial charge in [-0.15, -0.1) is 0 Å². The van der Waals surface area contributed by atoms with Gasteiger partial charge in [-0.1, -0.05) is 24.3 Å². The minimum absolute atomic E-state index is 0.0469. The van der Waals surface area contributed by atoms with Gasteiger partial charge in [0.2, 0.25) is 0 Å². The molecule has 0 aliphatic carbocycles. The van der Waals surface area contributed by atoms with E-state index in [4.69, 9.17) is 10.5 Å². The van der Waals surface area contributed by atoms with Crippen LogP contribution in [0, 0.1) is 5.41 Å². The highest BCUT2D eigenvalue weighted by atomic mass is 16.4. The summed E-state index contributed by atoms with van der Waals surface area (Å²) in [6.07, 6.45) is 0. The van der Waals surface area contributed by atoms with Crippen molar-refractivity contribution in [2.45, 2.75) is 6.92 Å². The third-order valence-corrected chi connectivity index (χ3v) is 2.96. The number of carbonyl (C=O) groups is 2. The van der Waals surface area contributed by atoms with E-state index in [0.29, 0.717) is 17.0 Å². The molecule has 0 saturated heterocycles. The van der Waals surface area contributed by atoms with Crippen molar-refractivity contribution in [3.8, 4) is 0 Å². The van der Waals surface area contributed by atoms with Crippen molar-refractivity contribution in [1.29, 1.82) is 5.41 Å². The molecule has 3 N–H and O–H groups in total. The molecule has 0 spiro atoms. The van der Waals surface area contributed by atoms with E-state index in [1.165, 1.54) is 12.1 Å². The van der Waals surface area contributed by atoms with E-state index < -0.39 is 11.9 Å². The lowest BCUT2D eigenvalue weighted by Crippen LogP contribution is -2.16. The maximum absolute atomic E-state index is 12.2. The zero-order valence-electron chi connectivity index (χ0n) is 11.4. The largest absolute Gasteiger partial charge is 0.478 e. The third kappa shape index (κ3) is 3.33. The van der Waals surface area contributed by atoms with E-state index in [1.54, 1.807) is 43.3 Å². The molecular formula is C16H14N2O3. The van der Waals surface area contributed by atoms with Gasteiger partial charge in [-0.25, -0.2) is 4.79 Å². The van der Waals surface area contributed by atoms with Gasteiger partial charge in [0, 0.05) is 11.4 Å². The Labute approximate surface area is 121 Å². The average molecular weight is 282 g/mol. The third-order valence-electron chi connectivity index (χ3n) is 2.96. The second kappa shape index (κ2) is 6.00. The molecule has 0 saturated carbocycles. The van der Waals surface area contributed by atoms with Crippen LogP contribution in [0.3, 0.4) is 0 Å². The van der Waals surface area contributed by atoms with Crippen LogP contribution in [0.1, 0.15) is 33.2 Å². The fourth-order valence-electron chi connectivity index (χ4n) is 1.90. The number of anilines is 1. The minimum Gasteiger partial charge on any atom is -0.478 e. The Morgan fingerprint density at radius 3 is 2.33 bits per heavy atom. The molecule has 21 heavy (non-hydrogen) atoms. The summed E-state index contributed by atoms with van der Waals surface area (Å²) in [5.41, 5.74) is 1.65. The number of amides is 1. The van der Waals surface area contributed by atoms with Gasteiger partial charge in [-0.2, -0.15) is 0 Å². The first-order valence-electron chi connectivity index (χ1n) is 6.28. The highest BCUT2D eigenvalue weighted by molar-refractivity contribution is 6.11. The van der Waals surface area contributed by atoms with E-state index in [-0.39, 0.29) is 11.1 Å². The van der Waals surface area contributed by atoms with E-state index in [2.05, 4.69) is 5.32 Å². The second-order valence-electron chi connectivity index (χ2n) is 4.51. The number of hydrogen-bond acceptors (Lipinski definition) is 3. The van der Waals surface area contributed by atoms with Gasteiger partial charge < -0.3 is 15.8 Å². The second-order valence-corrected chi connectivity index (χ2v) is 4.51. The van der Waals surface area contributed by atoms with Crippen molar-refractivity contribution in [3.63, 3.8) is 0 Å². The Morgan fingerprint density at radius 2 is 1.71 bits per heavy atom. The van der Waals surface area contributed by atoms with Gasteiger partial charge in [-0.3, -0.25) is 4.79 Å². The Morgan fingerprint density at radius 1 is 1.05 bits per heavy atom. The molecule has 0 bridgehead atoms. The number of nitrogens with one attached hydrogen (secondary N) is 2. The lowest BCUT2D eigenvalue weighted by atomic mass is 10.1. The summed E-state index contributed by atoms with van der Waals surface area (Å²) in [5.74, 6) is -1.64. The van der Waals surface area contributed by atoms with Gasteiger partial charge >= 0.3 is 5.97 Å². The molecule has 5 nitrogen and oxygen atoms in total. The predicted octanol–water partition coefficient (Wildman–Crippen LogP) is 3.02. The molecule has 5 heteroatoms. The highest BCUT2D eigenvalue weighted by Gasteiger charge is 2.15. The maximum atomic E-state index is 12.2. The Balaban J connectivity index is 2.28. The SMILES string of the molecule is CC(=N)c1cccc(NC(=O)c2ccccc2C(=O)O)c1. The van der Waals surface area contributed by atoms with E-state index in [1.807, 2.05) is 0 Å². The van der Waals surface area contributed by atoms with E-state index in [9.17, 15) is 9.59 Å². The predicted molar refractivity (Wildman–Crippen MR) is 80.3 cm³/mol. The van der Waals surface area contributed by atoms with Crippen LogP contribution in [-0.2, 0) is 0 Å². The smallest absolute Gasteiger partial charge is 0.336 e. The molecule has 0 aliphatic rings. The highest BCUT2D eigenvalue weighted by Crippen LogP contribution is 2.15. The van der Waals surface area contributed by atoms with Crippen molar-refractivity contribution in [2.75, 3.05) is 5.32 Å². The minimum atomic E-state index is -1.15. The summed E-state index contributed by atoms with van der Waals surface area (Å²) in [6, 6.07) is 12.9. The summed E-state index contributed by atoms with van der Waals surface area (Å²) in [5, 5.41) is 19.3. The maximum Gasteiger partial charge on any atom is 0.336 e. The normalized spacial score (nSPS) is 9.95. The van der Waals surface area contributed by atoms with Crippen LogP contribution >= 0.6 is 0 Å². The topological polar surface area (TPSA) is 90.3 Å². The van der Waals surface area contributed by atoms with Crippen LogP contribution in [0.4, 0.5) is 5.69 Å². The summed E-state index contributed by atoms with van der Waals surface area (Å²) in [6.45, 7) is 1.65. The summed E-state index contributed by atoms with van der Waals surface area (Å²) < 4.78 is 0. The van der Waals surface area contributed by atoms with Crippen molar-refractivity contribution in [2.24, 2.45) is 0 Å². The van der Waals surface area contributed by atoms with E-state index >= 15 is 0 Å². The Kier molecular flexibility index (Phi) is 4.13. The molecular weight excluding hydrogens is 268 g/mol. The monoisotopic (exact) mass is 282 g/mol. The lowest BCUT2D eigenvalue weighted by molar-refractivity contribution is 0.0692. The van der Waals surface area contributed by atoms with Crippen molar-refractivity contribution in [1.82, 2.24) is 0 Å². The number of rotatable bonds is 4. The molecule has 0 radical (unpaired) electrons. The van der Waals surface area contributed by atoms with Crippen molar-refractivity contribution >= 4 is 23.3 Å². The van der Waals surface area contributed by atoms with Gasteiger partial charge in [0.1, 0.15) is 0 Å². The van der Waals surface area contributed by atoms with Crippen LogP contribution in [-0.4, -0.2) is 22.7 Å². The number of hydrogen-bond donors (Lipinski definition) is 3. The molecule has 2 rings (SSSR count). The molecule has 2 aromatic carbocycles. The first-order chi connectivity index (χ1) is 9.99. The molecule has 2 aromatic rings. The van der Waals surface area contributed by atoms with Crippen LogP contribution in [0.5, 0.6) is 0 Å². The number of carboxylic acids is 1. The van der Waals surface area contributed by atoms with Crippen LogP contribution in [0.15, 0.2) is 48.5 Å². The number of carboxylic acid groups (broad SMARTS) is 1. The van der Waals surface area contributed by atoms with Crippen molar-refractivity contribution in [3.05, 3.63) is 65.2 Å². The first kappa shape index (κ1) is 14.5. The lowest BCUT2D eigenvalue weighted by Gasteiger charge is -2.09. The summed E-state index contributed by atoms with van der Waals surface area (Å²) in [4.78, 5) is 23.3. The Hall–Kier alpha value is -2.95. The Bertz CT molecular complexity index is 723. The molecule has 1 amide bonds. The number of aromatic carboxylic acids is 1. The van der Waals surface area contributed by atoms with Crippen molar-refractivity contribution < 1.29 is 14.7 Å². The summed E-state index contributed by atoms with van der Waals surface area (Å²) >= 11 is 0. The molecule has 0 atom stereocenters. The molecule has 0 aliphatic heterocycles. The van der Waals surface area contributed by atoms with Crippen LogP contribution in [0.2, 0.25) is 0 Å². The van der Waals surface area contributed by atoms with Crippen LogP contribution < -0.4 is 5.32 Å². The quantitative estimate of drug-likeness (QED) is 0.753. The molecule has 0 heterocycles. The number of benzene rings is 2. The zero-order chi connectivity index (χ0) is 15.4. The average Bonchev–Trinajstić information content (AvgIpc) is 2.47. The molecule has 0 unspecified atom stereocenters. The first-order valence-corrected chi connectivity index (χ1v) is 6.28. The van der Waals surface area contributed by atoms with Gasteiger partial charge in [0.05, 0.1) is 11.1 Å². The number of carbonyl (C=O) groups excluding carboxylic acids is 1.